The van der Waals surface area contributed by atoms with E-state index in [9.17, 15) is 5.11 Å². The fourth-order valence-corrected chi connectivity index (χ4v) is 3.05. The second-order valence-corrected chi connectivity index (χ2v) is 6.20. The van der Waals surface area contributed by atoms with Crippen LogP contribution in [0.4, 0.5) is 0 Å². The molecule has 0 spiro atoms. The van der Waals surface area contributed by atoms with E-state index >= 15 is 0 Å². The molecule has 2 aromatic rings. The zero-order chi connectivity index (χ0) is 13.6. The van der Waals surface area contributed by atoms with Crippen molar-refractivity contribution >= 4 is 27.5 Å². The average molecular weight is 342 g/mol. The third-order valence-corrected chi connectivity index (χ3v) is 4.34. The normalized spacial score (nSPS) is 14.9. The molecule has 19 heavy (non-hydrogen) atoms. The summed E-state index contributed by atoms with van der Waals surface area (Å²) in [7, 11) is 0. The molecule has 3 rings (SSSR count). The predicted molar refractivity (Wildman–Crippen MR) is 78.9 cm³/mol. The molecule has 1 aliphatic rings. The van der Waals surface area contributed by atoms with Gasteiger partial charge in [0, 0.05) is 16.0 Å². The topological polar surface area (TPSA) is 38.0 Å². The van der Waals surface area contributed by atoms with E-state index in [1.807, 2.05) is 25.1 Å². The number of halogens is 2. The molecule has 3 nitrogen and oxygen atoms in total. The van der Waals surface area contributed by atoms with Gasteiger partial charge < -0.3 is 5.11 Å². The first-order valence-corrected chi connectivity index (χ1v) is 7.43. The van der Waals surface area contributed by atoms with Gasteiger partial charge in [-0.1, -0.05) is 27.5 Å². The van der Waals surface area contributed by atoms with Crippen LogP contribution in [0, 0.1) is 6.92 Å². The van der Waals surface area contributed by atoms with Crippen LogP contribution >= 0.6 is 27.5 Å². The highest BCUT2D eigenvalue weighted by Gasteiger charge is 2.31. The Morgan fingerprint density at radius 3 is 2.79 bits per heavy atom. The molecule has 0 aliphatic heterocycles. The summed E-state index contributed by atoms with van der Waals surface area (Å²) in [6, 6.07) is 5.98. The molecule has 1 aromatic carbocycles. The predicted octanol–water partition coefficient (Wildman–Crippen LogP) is 3.97. The lowest BCUT2D eigenvalue weighted by atomic mass is 10.2. The second kappa shape index (κ2) is 4.93. The largest absolute Gasteiger partial charge is 0.391 e. The third-order valence-electron chi connectivity index (χ3n) is 3.46. The Bertz CT molecular complexity index is 635. The molecule has 0 unspecified atom stereocenters. The van der Waals surface area contributed by atoms with Gasteiger partial charge in [-0.2, -0.15) is 5.10 Å². The van der Waals surface area contributed by atoms with Crippen molar-refractivity contribution in [2.45, 2.75) is 32.3 Å². The van der Waals surface area contributed by atoms with Crippen molar-refractivity contribution in [2.75, 3.05) is 0 Å². The lowest BCUT2D eigenvalue weighted by Gasteiger charge is -2.07. The smallest absolute Gasteiger partial charge is 0.138 e. The Balaban J connectivity index is 2.14. The number of aliphatic hydroxyl groups is 1. The maximum atomic E-state index is 9.50. The number of hydrogen-bond acceptors (Lipinski definition) is 2. The molecule has 100 valence electrons. The summed E-state index contributed by atoms with van der Waals surface area (Å²) in [5.41, 5.74) is 3.77. The molecule has 1 heterocycles. The van der Waals surface area contributed by atoms with Gasteiger partial charge in [-0.3, -0.25) is 0 Å². The van der Waals surface area contributed by atoms with Gasteiger partial charge in [0.25, 0.3) is 0 Å². The number of rotatable bonds is 3. The van der Waals surface area contributed by atoms with Gasteiger partial charge in [-0.05, 0) is 43.5 Å². The maximum absolute atomic E-state index is 9.50. The average Bonchev–Trinajstić information content (AvgIpc) is 3.15. The van der Waals surface area contributed by atoms with Crippen molar-refractivity contribution in [3.8, 4) is 5.69 Å². The molecule has 0 saturated heterocycles. The second-order valence-electron chi connectivity index (χ2n) is 4.93. The van der Waals surface area contributed by atoms with Crippen LogP contribution < -0.4 is 0 Å². The molecular formula is C14H14BrClN2O. The minimum absolute atomic E-state index is 0.0553. The highest BCUT2D eigenvalue weighted by Crippen LogP contribution is 2.43. The van der Waals surface area contributed by atoms with Gasteiger partial charge >= 0.3 is 0 Å². The van der Waals surface area contributed by atoms with Crippen LogP contribution in [0.3, 0.4) is 0 Å². The van der Waals surface area contributed by atoms with E-state index in [4.69, 9.17) is 11.6 Å². The Kier molecular flexibility index (Phi) is 3.41. The minimum atomic E-state index is -0.0553. The first-order chi connectivity index (χ1) is 9.11. The number of aromatic nitrogens is 2. The first kappa shape index (κ1) is 13.2. The molecule has 0 amide bonds. The van der Waals surface area contributed by atoms with Gasteiger partial charge in [0.15, 0.2) is 0 Å². The minimum Gasteiger partial charge on any atom is -0.391 e. The van der Waals surface area contributed by atoms with E-state index in [2.05, 4.69) is 21.0 Å². The zero-order valence-corrected chi connectivity index (χ0v) is 12.9. The molecule has 0 radical (unpaired) electrons. The molecule has 5 heteroatoms. The van der Waals surface area contributed by atoms with Crippen LogP contribution in [0.15, 0.2) is 22.7 Å². The van der Waals surface area contributed by atoms with E-state index in [0.717, 1.165) is 39.8 Å². The number of hydrogen-bond donors (Lipinski definition) is 1. The van der Waals surface area contributed by atoms with Gasteiger partial charge in [0.1, 0.15) is 5.15 Å². The number of aryl methyl sites for hydroxylation is 1. The molecule has 1 saturated carbocycles. The molecule has 1 aliphatic carbocycles. The fraction of sp³-hybridized carbons (Fsp3) is 0.357. The number of aliphatic hydroxyl groups excluding tert-OH is 1. The third kappa shape index (κ3) is 2.33. The van der Waals surface area contributed by atoms with E-state index in [1.165, 1.54) is 0 Å². The Morgan fingerprint density at radius 1 is 1.47 bits per heavy atom. The van der Waals surface area contributed by atoms with E-state index in [1.54, 1.807) is 4.68 Å². The Morgan fingerprint density at radius 2 is 2.21 bits per heavy atom. The Hall–Kier alpha value is -0.840. The van der Waals surface area contributed by atoms with Crippen molar-refractivity contribution in [1.29, 1.82) is 0 Å². The Labute approximate surface area is 125 Å². The van der Waals surface area contributed by atoms with Crippen LogP contribution in [-0.2, 0) is 6.61 Å². The highest BCUT2D eigenvalue weighted by molar-refractivity contribution is 9.10. The van der Waals surface area contributed by atoms with E-state index in [-0.39, 0.29) is 6.61 Å². The quantitative estimate of drug-likeness (QED) is 0.917. The van der Waals surface area contributed by atoms with Crippen molar-refractivity contribution in [1.82, 2.24) is 9.78 Å². The number of nitrogens with zero attached hydrogens (tertiary/aromatic N) is 2. The van der Waals surface area contributed by atoms with Crippen LogP contribution in [-0.4, -0.2) is 14.9 Å². The summed E-state index contributed by atoms with van der Waals surface area (Å²) in [6.45, 7) is 1.97. The molecule has 1 fully saturated rings. The summed E-state index contributed by atoms with van der Waals surface area (Å²) >= 11 is 9.83. The summed E-state index contributed by atoms with van der Waals surface area (Å²) in [5.74, 6) is 0.469. The van der Waals surface area contributed by atoms with Gasteiger partial charge in [-0.15, -0.1) is 0 Å². The lowest BCUT2D eigenvalue weighted by Crippen LogP contribution is -2.00. The fourth-order valence-electron chi connectivity index (χ4n) is 2.29. The van der Waals surface area contributed by atoms with Crippen molar-refractivity contribution in [2.24, 2.45) is 0 Å². The summed E-state index contributed by atoms with van der Waals surface area (Å²) in [4.78, 5) is 0. The standard InChI is InChI=1S/C14H14BrClN2O/c1-8-6-10(15)4-5-12(8)18-14(16)11(7-19)13(17-18)9-2-3-9/h4-6,9,19H,2-3,7H2,1H3. The zero-order valence-electron chi connectivity index (χ0n) is 10.5. The highest BCUT2D eigenvalue weighted by atomic mass is 79.9. The van der Waals surface area contributed by atoms with Gasteiger partial charge in [-0.25, -0.2) is 4.68 Å². The summed E-state index contributed by atoms with van der Waals surface area (Å²) in [5, 5.41) is 14.6. The van der Waals surface area contributed by atoms with E-state index in [0.29, 0.717) is 11.1 Å². The summed E-state index contributed by atoms with van der Waals surface area (Å²) in [6.07, 6.45) is 2.28. The molecule has 1 aromatic heterocycles. The molecule has 0 atom stereocenters. The summed E-state index contributed by atoms with van der Waals surface area (Å²) < 4.78 is 2.77. The van der Waals surface area contributed by atoms with Crippen LogP contribution in [0.1, 0.15) is 35.6 Å². The van der Waals surface area contributed by atoms with Crippen molar-refractivity contribution < 1.29 is 5.11 Å². The van der Waals surface area contributed by atoms with Crippen molar-refractivity contribution in [3.05, 3.63) is 44.6 Å². The lowest BCUT2D eigenvalue weighted by molar-refractivity contribution is 0.280. The van der Waals surface area contributed by atoms with Crippen LogP contribution in [0.2, 0.25) is 5.15 Å². The molecular weight excluding hydrogens is 328 g/mol. The first-order valence-electron chi connectivity index (χ1n) is 6.26. The molecule has 0 bridgehead atoms. The van der Waals surface area contributed by atoms with Gasteiger partial charge in [0.05, 0.1) is 18.0 Å². The monoisotopic (exact) mass is 340 g/mol. The SMILES string of the molecule is Cc1cc(Br)ccc1-n1nc(C2CC2)c(CO)c1Cl. The van der Waals surface area contributed by atoms with Crippen LogP contribution in [0.5, 0.6) is 0 Å². The van der Waals surface area contributed by atoms with Crippen molar-refractivity contribution in [3.63, 3.8) is 0 Å². The van der Waals surface area contributed by atoms with E-state index < -0.39 is 0 Å². The number of benzene rings is 1. The van der Waals surface area contributed by atoms with Crippen LogP contribution in [0.25, 0.3) is 5.69 Å². The van der Waals surface area contributed by atoms with Gasteiger partial charge in [0.2, 0.25) is 0 Å². The molecule has 1 N–H and O–H groups in total. The maximum Gasteiger partial charge on any atom is 0.138 e.